The van der Waals surface area contributed by atoms with Crippen molar-refractivity contribution in [3.05, 3.63) is 23.8 Å². The van der Waals surface area contributed by atoms with Crippen molar-refractivity contribution in [2.24, 2.45) is 5.92 Å². The summed E-state index contributed by atoms with van der Waals surface area (Å²) in [6.45, 7) is 4.31. The summed E-state index contributed by atoms with van der Waals surface area (Å²) in [5.41, 5.74) is 1.15. The molecule has 20 heavy (non-hydrogen) atoms. The van der Waals surface area contributed by atoms with Crippen LogP contribution in [0.2, 0.25) is 0 Å². The first kappa shape index (κ1) is 15.1. The lowest BCUT2D eigenvalue weighted by Gasteiger charge is -2.29. The van der Waals surface area contributed by atoms with Gasteiger partial charge in [0.15, 0.2) is 0 Å². The van der Waals surface area contributed by atoms with E-state index < -0.39 is 0 Å². The zero-order chi connectivity index (χ0) is 14.4. The Morgan fingerprint density at radius 3 is 2.85 bits per heavy atom. The molecule has 1 fully saturated rings. The molecule has 0 aromatic heterocycles. The van der Waals surface area contributed by atoms with Crippen LogP contribution in [0, 0.1) is 5.92 Å². The number of benzene rings is 1. The molecule has 1 aromatic rings. The van der Waals surface area contributed by atoms with Gasteiger partial charge in [-0.15, -0.1) is 0 Å². The average molecular weight is 278 g/mol. The summed E-state index contributed by atoms with van der Waals surface area (Å²) in [5.74, 6) is 2.55. The first-order valence-corrected chi connectivity index (χ1v) is 7.33. The highest BCUT2D eigenvalue weighted by Gasteiger charge is 2.16. The Bertz CT molecular complexity index is 423. The van der Waals surface area contributed by atoms with E-state index in [9.17, 15) is 0 Å². The van der Waals surface area contributed by atoms with Crippen LogP contribution in [-0.2, 0) is 6.54 Å². The zero-order valence-corrected chi connectivity index (χ0v) is 12.8. The van der Waals surface area contributed by atoms with E-state index in [2.05, 4.69) is 17.3 Å². The van der Waals surface area contributed by atoms with E-state index in [0.29, 0.717) is 0 Å². The summed E-state index contributed by atoms with van der Waals surface area (Å²) in [5, 5.41) is 3.56. The summed E-state index contributed by atoms with van der Waals surface area (Å²) in [7, 11) is 5.61. The van der Waals surface area contributed by atoms with Gasteiger partial charge in [-0.05, 0) is 57.1 Å². The molecule has 0 amide bonds. The molecule has 2 rings (SSSR count). The predicted octanol–water partition coefficient (Wildman–Crippen LogP) is 2.14. The molecule has 1 saturated heterocycles. The zero-order valence-electron chi connectivity index (χ0n) is 12.8. The third-order valence-electron chi connectivity index (χ3n) is 3.96. The maximum Gasteiger partial charge on any atom is 0.123 e. The number of methoxy groups -OCH3 is 2. The van der Waals surface area contributed by atoms with Crippen molar-refractivity contribution in [2.75, 3.05) is 40.9 Å². The van der Waals surface area contributed by atoms with E-state index in [4.69, 9.17) is 9.47 Å². The molecule has 0 spiro atoms. The van der Waals surface area contributed by atoms with Gasteiger partial charge in [-0.25, -0.2) is 0 Å². The van der Waals surface area contributed by atoms with Crippen LogP contribution in [0.1, 0.15) is 18.4 Å². The topological polar surface area (TPSA) is 33.7 Å². The highest BCUT2D eigenvalue weighted by Crippen LogP contribution is 2.24. The summed E-state index contributed by atoms with van der Waals surface area (Å²) in [6.07, 6.45) is 2.64. The van der Waals surface area contributed by atoms with Crippen LogP contribution >= 0.6 is 0 Å². The van der Waals surface area contributed by atoms with E-state index in [1.54, 1.807) is 14.2 Å². The second-order valence-corrected chi connectivity index (χ2v) is 5.58. The first-order chi connectivity index (χ1) is 9.72. The minimum absolute atomic E-state index is 0.755. The fourth-order valence-electron chi connectivity index (χ4n) is 2.87. The van der Waals surface area contributed by atoms with Crippen molar-refractivity contribution in [1.29, 1.82) is 0 Å². The molecule has 1 unspecified atom stereocenters. The van der Waals surface area contributed by atoms with Crippen LogP contribution in [0.3, 0.4) is 0 Å². The molecule has 1 aromatic carbocycles. The van der Waals surface area contributed by atoms with Crippen LogP contribution in [0.5, 0.6) is 11.5 Å². The van der Waals surface area contributed by atoms with E-state index >= 15 is 0 Å². The standard InChI is InChI=1S/C16H26N2O2/c1-18-8-4-5-13(12-18)10-17-11-14-9-15(19-2)6-7-16(14)20-3/h6-7,9,13,17H,4-5,8,10-12H2,1-3H3. The van der Waals surface area contributed by atoms with Gasteiger partial charge < -0.3 is 19.7 Å². The van der Waals surface area contributed by atoms with Crippen LogP contribution in [0.15, 0.2) is 18.2 Å². The molecule has 1 heterocycles. The van der Waals surface area contributed by atoms with Crippen molar-refractivity contribution < 1.29 is 9.47 Å². The Morgan fingerprint density at radius 1 is 1.30 bits per heavy atom. The fraction of sp³-hybridized carbons (Fsp3) is 0.625. The molecule has 0 radical (unpaired) electrons. The monoisotopic (exact) mass is 278 g/mol. The van der Waals surface area contributed by atoms with Crippen LogP contribution < -0.4 is 14.8 Å². The Morgan fingerprint density at radius 2 is 2.15 bits per heavy atom. The highest BCUT2D eigenvalue weighted by atomic mass is 16.5. The van der Waals surface area contributed by atoms with E-state index in [1.165, 1.54) is 25.9 Å². The second kappa shape index (κ2) is 7.50. The Hall–Kier alpha value is -1.26. The third kappa shape index (κ3) is 4.12. The maximum absolute atomic E-state index is 5.40. The number of likely N-dealkylation sites (tertiary alicyclic amines) is 1. The summed E-state index contributed by atoms with van der Waals surface area (Å²) < 4.78 is 10.7. The lowest BCUT2D eigenvalue weighted by Crippen LogP contribution is -2.37. The molecule has 0 bridgehead atoms. The number of nitrogens with one attached hydrogen (secondary N) is 1. The molecular weight excluding hydrogens is 252 g/mol. The lowest BCUT2D eigenvalue weighted by atomic mass is 9.98. The minimum Gasteiger partial charge on any atom is -0.497 e. The van der Waals surface area contributed by atoms with Crippen molar-refractivity contribution in [2.45, 2.75) is 19.4 Å². The minimum atomic E-state index is 0.755. The first-order valence-electron chi connectivity index (χ1n) is 7.33. The second-order valence-electron chi connectivity index (χ2n) is 5.58. The largest absolute Gasteiger partial charge is 0.497 e. The van der Waals surface area contributed by atoms with E-state index in [1.807, 2.05) is 18.2 Å². The Balaban J connectivity index is 1.86. The van der Waals surface area contributed by atoms with Crippen molar-refractivity contribution >= 4 is 0 Å². The lowest BCUT2D eigenvalue weighted by molar-refractivity contribution is 0.206. The Kier molecular flexibility index (Phi) is 5.68. The smallest absolute Gasteiger partial charge is 0.123 e. The summed E-state index contributed by atoms with van der Waals surface area (Å²) in [4.78, 5) is 2.42. The normalized spacial score (nSPS) is 19.9. The molecule has 0 aliphatic carbocycles. The third-order valence-corrected chi connectivity index (χ3v) is 3.96. The van der Waals surface area contributed by atoms with Gasteiger partial charge in [-0.3, -0.25) is 0 Å². The van der Waals surface area contributed by atoms with Gasteiger partial charge in [0.05, 0.1) is 14.2 Å². The van der Waals surface area contributed by atoms with Crippen molar-refractivity contribution in [1.82, 2.24) is 10.2 Å². The summed E-state index contributed by atoms with van der Waals surface area (Å²) in [6, 6.07) is 5.93. The number of rotatable bonds is 6. The molecule has 1 aliphatic rings. The molecular formula is C16H26N2O2. The van der Waals surface area contributed by atoms with Gasteiger partial charge in [0, 0.05) is 18.7 Å². The van der Waals surface area contributed by atoms with Gasteiger partial charge in [0.1, 0.15) is 11.5 Å². The van der Waals surface area contributed by atoms with Gasteiger partial charge in [-0.2, -0.15) is 0 Å². The maximum atomic E-state index is 5.40. The quantitative estimate of drug-likeness (QED) is 0.864. The molecule has 1 N–H and O–H groups in total. The SMILES string of the molecule is COc1ccc(OC)c(CNCC2CCCN(C)C2)c1. The van der Waals surface area contributed by atoms with Gasteiger partial charge in [0.2, 0.25) is 0 Å². The Labute approximate surface area is 122 Å². The summed E-state index contributed by atoms with van der Waals surface area (Å²) >= 11 is 0. The van der Waals surface area contributed by atoms with Crippen molar-refractivity contribution in [3.8, 4) is 11.5 Å². The predicted molar refractivity (Wildman–Crippen MR) is 81.5 cm³/mol. The molecule has 1 atom stereocenters. The molecule has 112 valence electrons. The molecule has 4 nitrogen and oxygen atoms in total. The number of piperidine rings is 1. The molecule has 0 saturated carbocycles. The van der Waals surface area contributed by atoms with Crippen LogP contribution in [-0.4, -0.2) is 45.8 Å². The fourth-order valence-corrected chi connectivity index (χ4v) is 2.87. The molecule has 1 aliphatic heterocycles. The van der Waals surface area contributed by atoms with Crippen LogP contribution in [0.25, 0.3) is 0 Å². The van der Waals surface area contributed by atoms with Crippen LogP contribution in [0.4, 0.5) is 0 Å². The van der Waals surface area contributed by atoms with Gasteiger partial charge in [-0.1, -0.05) is 0 Å². The van der Waals surface area contributed by atoms with Gasteiger partial charge in [0.25, 0.3) is 0 Å². The van der Waals surface area contributed by atoms with E-state index in [-0.39, 0.29) is 0 Å². The number of ether oxygens (including phenoxy) is 2. The number of nitrogens with zero attached hydrogens (tertiary/aromatic N) is 1. The number of hydrogen-bond donors (Lipinski definition) is 1. The average Bonchev–Trinajstić information content (AvgIpc) is 2.47. The molecule has 4 heteroatoms. The highest BCUT2D eigenvalue weighted by molar-refractivity contribution is 5.40. The van der Waals surface area contributed by atoms with Crippen molar-refractivity contribution in [3.63, 3.8) is 0 Å². The number of hydrogen-bond acceptors (Lipinski definition) is 4. The van der Waals surface area contributed by atoms with Gasteiger partial charge >= 0.3 is 0 Å². The van der Waals surface area contributed by atoms with E-state index in [0.717, 1.165) is 36.1 Å².